The van der Waals surface area contributed by atoms with Crippen LogP contribution in [0.15, 0.2) is 267 Å². The van der Waals surface area contributed by atoms with Crippen LogP contribution >= 0.6 is 0 Å². The van der Waals surface area contributed by atoms with Crippen molar-refractivity contribution in [2.45, 2.75) is 0 Å². The molecular weight excluding hydrogens is 797 g/mol. The van der Waals surface area contributed by atoms with Crippen LogP contribution in [-0.2, 0) is 0 Å². The summed E-state index contributed by atoms with van der Waals surface area (Å²) >= 11 is 0. The highest BCUT2D eigenvalue weighted by molar-refractivity contribution is 6.10. The maximum atomic E-state index is 2.45. The minimum Gasteiger partial charge on any atom is -0.310 e. The maximum absolute atomic E-state index is 2.45. The van der Waals surface area contributed by atoms with E-state index >= 15 is 0 Å². The first-order valence-electron chi connectivity index (χ1n) is 22.7. The Kier molecular flexibility index (Phi) is 9.89. The van der Waals surface area contributed by atoms with Gasteiger partial charge in [0.05, 0.1) is 22.4 Å². The number of anilines is 3. The van der Waals surface area contributed by atoms with Gasteiger partial charge in [-0.1, -0.05) is 212 Å². The number of aromatic nitrogens is 1. The van der Waals surface area contributed by atoms with Gasteiger partial charge in [0.15, 0.2) is 0 Å². The largest absolute Gasteiger partial charge is 0.310 e. The SMILES string of the molecule is c1ccc(-c2cccc(-c3ccc(N(c4cccc(-c5ccccc5)c4)c4ccc(-c5ccccc5-n5c6ccccc6c6ccccc65)c(-c5ccccc5)c4)c4ccccc34)c2)cc1. The standard InChI is InChI=1S/C64H44N2/c1-4-20-45(21-5-1)48-26-18-28-50(42-48)53-40-41-64(56-31-11-10-30-54(53)56)65(51-29-19-27-49(43-51)46-22-6-2-7-23-46)52-38-39-55(60(44-52)47-24-8-3-9-25-47)57-32-12-15-35-61(57)66-62-36-16-13-33-58(62)59-34-14-17-37-63(59)66/h1-44H. The van der Waals surface area contributed by atoms with E-state index in [1.807, 2.05) is 0 Å². The minimum absolute atomic E-state index is 1.07. The summed E-state index contributed by atoms with van der Waals surface area (Å²) in [6, 6.07) is 97.0. The molecule has 0 aliphatic rings. The van der Waals surface area contributed by atoms with Crippen LogP contribution in [0.25, 0.3) is 93.9 Å². The lowest BCUT2D eigenvalue weighted by molar-refractivity contribution is 1.18. The third kappa shape index (κ3) is 6.93. The highest BCUT2D eigenvalue weighted by Gasteiger charge is 2.22. The molecule has 0 saturated carbocycles. The summed E-state index contributed by atoms with van der Waals surface area (Å²) in [5, 5.41) is 4.87. The van der Waals surface area contributed by atoms with Gasteiger partial charge in [0.2, 0.25) is 0 Å². The zero-order chi connectivity index (χ0) is 43.8. The summed E-state index contributed by atoms with van der Waals surface area (Å²) in [4.78, 5) is 2.45. The first kappa shape index (κ1) is 38.9. The zero-order valence-corrected chi connectivity index (χ0v) is 36.3. The number of rotatable bonds is 9. The fraction of sp³-hybridized carbons (Fsp3) is 0. The Balaban J connectivity index is 1.08. The van der Waals surface area contributed by atoms with Gasteiger partial charge in [-0.3, -0.25) is 0 Å². The van der Waals surface area contributed by atoms with Crippen molar-refractivity contribution in [2.24, 2.45) is 0 Å². The van der Waals surface area contributed by atoms with Gasteiger partial charge in [-0.05, 0) is 110 Å². The summed E-state index contributed by atoms with van der Waals surface area (Å²) in [6.07, 6.45) is 0. The monoisotopic (exact) mass is 840 g/mol. The van der Waals surface area contributed by atoms with Crippen LogP contribution in [-0.4, -0.2) is 4.57 Å². The van der Waals surface area contributed by atoms with Crippen molar-refractivity contribution in [3.05, 3.63) is 267 Å². The molecule has 2 heteroatoms. The second kappa shape index (κ2) is 16.8. The lowest BCUT2D eigenvalue weighted by Gasteiger charge is -2.29. The molecule has 1 aromatic heterocycles. The van der Waals surface area contributed by atoms with E-state index in [2.05, 4.69) is 276 Å². The quantitative estimate of drug-likeness (QED) is 0.141. The van der Waals surface area contributed by atoms with E-state index in [4.69, 9.17) is 0 Å². The Labute approximate surface area is 385 Å². The molecule has 12 aromatic rings. The Morgan fingerprint density at radius 2 is 0.727 bits per heavy atom. The van der Waals surface area contributed by atoms with E-state index in [1.54, 1.807) is 0 Å². The summed E-state index contributed by atoms with van der Waals surface area (Å²) in [7, 11) is 0. The van der Waals surface area contributed by atoms with Crippen molar-refractivity contribution in [3.63, 3.8) is 0 Å². The molecular formula is C64H44N2. The minimum atomic E-state index is 1.07. The topological polar surface area (TPSA) is 8.17 Å². The van der Waals surface area contributed by atoms with Crippen LogP contribution in [0.3, 0.4) is 0 Å². The van der Waals surface area contributed by atoms with Gasteiger partial charge in [0.25, 0.3) is 0 Å². The number of fused-ring (bicyclic) bond motifs is 4. The van der Waals surface area contributed by atoms with E-state index in [0.717, 1.165) is 39.4 Å². The van der Waals surface area contributed by atoms with Gasteiger partial charge in [-0.2, -0.15) is 0 Å². The molecule has 2 nitrogen and oxygen atoms in total. The number of nitrogens with zero attached hydrogens (tertiary/aromatic N) is 2. The van der Waals surface area contributed by atoms with Crippen LogP contribution in [0.5, 0.6) is 0 Å². The highest BCUT2D eigenvalue weighted by atomic mass is 15.1. The molecule has 0 atom stereocenters. The van der Waals surface area contributed by atoms with Crippen LogP contribution < -0.4 is 4.90 Å². The highest BCUT2D eigenvalue weighted by Crippen LogP contribution is 2.47. The summed E-state index contributed by atoms with van der Waals surface area (Å²) in [6.45, 7) is 0. The number of para-hydroxylation sites is 3. The Hall–Kier alpha value is -8.72. The van der Waals surface area contributed by atoms with Gasteiger partial charge >= 0.3 is 0 Å². The third-order valence-electron chi connectivity index (χ3n) is 13.0. The average Bonchev–Trinajstić information content (AvgIpc) is 3.74. The average molecular weight is 841 g/mol. The van der Waals surface area contributed by atoms with Gasteiger partial charge in [-0.15, -0.1) is 0 Å². The number of hydrogen-bond donors (Lipinski definition) is 0. The summed E-state index contributed by atoms with van der Waals surface area (Å²) < 4.78 is 2.44. The molecule has 11 aromatic carbocycles. The maximum Gasteiger partial charge on any atom is 0.0541 e. The van der Waals surface area contributed by atoms with Crippen LogP contribution in [0, 0.1) is 0 Å². The van der Waals surface area contributed by atoms with E-state index < -0.39 is 0 Å². The fourth-order valence-corrected chi connectivity index (χ4v) is 9.95. The lowest BCUT2D eigenvalue weighted by atomic mass is 9.91. The van der Waals surface area contributed by atoms with Crippen LogP contribution in [0.4, 0.5) is 17.1 Å². The molecule has 0 unspecified atom stereocenters. The smallest absolute Gasteiger partial charge is 0.0541 e. The van der Waals surface area contributed by atoms with Crippen molar-refractivity contribution in [2.75, 3.05) is 4.90 Å². The number of benzene rings is 11. The Bertz CT molecular complexity index is 3650. The molecule has 12 rings (SSSR count). The second-order valence-electron chi connectivity index (χ2n) is 16.9. The molecule has 0 saturated heterocycles. The van der Waals surface area contributed by atoms with Crippen molar-refractivity contribution in [1.29, 1.82) is 0 Å². The first-order chi connectivity index (χ1) is 32.8. The van der Waals surface area contributed by atoms with Gasteiger partial charge < -0.3 is 9.47 Å². The van der Waals surface area contributed by atoms with E-state index in [-0.39, 0.29) is 0 Å². The molecule has 0 fully saturated rings. The second-order valence-corrected chi connectivity index (χ2v) is 16.9. The molecule has 0 aliphatic carbocycles. The van der Waals surface area contributed by atoms with Gasteiger partial charge in [0, 0.05) is 33.1 Å². The lowest BCUT2D eigenvalue weighted by Crippen LogP contribution is -2.11. The molecule has 0 aliphatic heterocycles. The molecule has 0 N–H and O–H groups in total. The molecule has 0 bridgehead atoms. The summed E-state index contributed by atoms with van der Waals surface area (Å²) in [5.74, 6) is 0. The van der Waals surface area contributed by atoms with Crippen LogP contribution in [0.2, 0.25) is 0 Å². The molecule has 0 amide bonds. The van der Waals surface area contributed by atoms with Gasteiger partial charge in [-0.25, -0.2) is 0 Å². The normalized spacial score (nSPS) is 11.3. The zero-order valence-electron chi connectivity index (χ0n) is 36.3. The van der Waals surface area contributed by atoms with Crippen molar-refractivity contribution in [1.82, 2.24) is 4.57 Å². The predicted molar refractivity (Wildman–Crippen MR) is 280 cm³/mol. The van der Waals surface area contributed by atoms with E-state index in [0.29, 0.717) is 0 Å². The summed E-state index contributed by atoms with van der Waals surface area (Å²) in [5.41, 5.74) is 18.6. The fourth-order valence-electron chi connectivity index (χ4n) is 9.95. The Morgan fingerprint density at radius 1 is 0.242 bits per heavy atom. The van der Waals surface area contributed by atoms with Crippen molar-refractivity contribution in [3.8, 4) is 61.3 Å². The molecule has 0 radical (unpaired) electrons. The third-order valence-corrected chi connectivity index (χ3v) is 13.0. The Morgan fingerprint density at radius 3 is 1.41 bits per heavy atom. The van der Waals surface area contributed by atoms with E-state index in [1.165, 1.54) is 71.5 Å². The molecule has 310 valence electrons. The van der Waals surface area contributed by atoms with Gasteiger partial charge in [0.1, 0.15) is 0 Å². The van der Waals surface area contributed by atoms with Crippen LogP contribution in [0.1, 0.15) is 0 Å². The van der Waals surface area contributed by atoms with Crippen molar-refractivity contribution >= 4 is 49.6 Å². The number of hydrogen-bond acceptors (Lipinski definition) is 1. The molecule has 1 heterocycles. The van der Waals surface area contributed by atoms with Crippen molar-refractivity contribution < 1.29 is 0 Å². The first-order valence-corrected chi connectivity index (χ1v) is 22.7. The van der Waals surface area contributed by atoms with E-state index in [9.17, 15) is 0 Å². The predicted octanol–water partition coefficient (Wildman–Crippen LogP) is 17.7. The molecule has 0 spiro atoms. The molecule has 66 heavy (non-hydrogen) atoms.